The second-order valence-corrected chi connectivity index (χ2v) is 3.96. The van der Waals surface area contributed by atoms with E-state index in [1.54, 1.807) is 5.54 Å². The number of hydrogen-bond acceptors (Lipinski definition) is 2. The van der Waals surface area contributed by atoms with E-state index in [1.807, 2.05) is 6.92 Å². The molecule has 0 saturated carbocycles. The summed E-state index contributed by atoms with van der Waals surface area (Å²) < 4.78 is 5.46. The van der Waals surface area contributed by atoms with Crippen molar-refractivity contribution in [1.29, 1.82) is 0 Å². The second kappa shape index (κ2) is 5.63. The highest BCUT2D eigenvalue weighted by Gasteiger charge is 2.18. The Bertz CT molecular complexity index is 182. The molecule has 0 aromatic rings. The lowest BCUT2D eigenvalue weighted by atomic mass is 10.0. The van der Waals surface area contributed by atoms with E-state index in [4.69, 9.17) is 16.3 Å². The van der Waals surface area contributed by atoms with E-state index in [0.717, 1.165) is 26.0 Å². The molecule has 1 aliphatic heterocycles. The fraction of sp³-hybridized carbons (Fsp3) is 0.800. The average molecular weight is 204 g/mol. The van der Waals surface area contributed by atoms with Gasteiger partial charge in [-0.1, -0.05) is 11.6 Å². The summed E-state index contributed by atoms with van der Waals surface area (Å²) in [6.07, 6.45) is 2.61. The van der Waals surface area contributed by atoms with Crippen LogP contribution in [0, 0.1) is 0 Å². The molecule has 0 aromatic heterocycles. The molecule has 0 aliphatic carbocycles. The number of nitrogens with one attached hydrogen (secondary N) is 1. The molecular formula is C10H18ClNO. The van der Waals surface area contributed by atoms with Crippen LogP contribution in [0.4, 0.5) is 0 Å². The van der Waals surface area contributed by atoms with Gasteiger partial charge in [-0.15, -0.1) is 0 Å². The lowest BCUT2D eigenvalue weighted by molar-refractivity contribution is 0.0139. The van der Waals surface area contributed by atoms with Crippen molar-refractivity contribution in [1.82, 2.24) is 5.32 Å². The summed E-state index contributed by atoms with van der Waals surface area (Å²) in [5, 5.41) is 3.47. The molecular weight excluding hydrogens is 186 g/mol. The summed E-state index contributed by atoms with van der Waals surface area (Å²) in [7, 11) is 0. The van der Waals surface area contributed by atoms with Gasteiger partial charge in [0.05, 0.1) is 6.10 Å². The topological polar surface area (TPSA) is 21.3 Å². The molecule has 2 nitrogen and oxygen atoms in total. The van der Waals surface area contributed by atoms with Gasteiger partial charge in [0.2, 0.25) is 0 Å². The van der Waals surface area contributed by atoms with E-state index in [-0.39, 0.29) is 0 Å². The molecule has 0 amide bonds. The Balaban J connectivity index is 2.20. The molecule has 1 rings (SSSR count). The van der Waals surface area contributed by atoms with Crippen LogP contribution < -0.4 is 5.32 Å². The predicted molar refractivity (Wildman–Crippen MR) is 56.0 cm³/mol. The van der Waals surface area contributed by atoms with Gasteiger partial charge < -0.3 is 10.1 Å². The molecule has 1 aliphatic rings. The van der Waals surface area contributed by atoms with Crippen LogP contribution in [0.2, 0.25) is 0 Å². The van der Waals surface area contributed by atoms with Crippen molar-refractivity contribution in [2.24, 2.45) is 0 Å². The zero-order chi connectivity index (χ0) is 9.68. The van der Waals surface area contributed by atoms with Crippen molar-refractivity contribution in [3.05, 3.63) is 11.1 Å². The van der Waals surface area contributed by atoms with Crippen LogP contribution >= 0.6 is 11.6 Å². The van der Waals surface area contributed by atoms with Crippen LogP contribution in [0.1, 0.15) is 26.7 Å². The van der Waals surface area contributed by atoms with Gasteiger partial charge in [-0.25, -0.2) is 0 Å². The molecule has 1 N–H and O–H groups in total. The second-order valence-electron chi connectivity index (χ2n) is 3.74. The summed E-state index contributed by atoms with van der Waals surface area (Å²) in [4.78, 5) is 0. The first-order valence-electron chi connectivity index (χ1n) is 4.83. The van der Waals surface area contributed by atoms with Crippen LogP contribution in [-0.2, 0) is 4.74 Å². The zero-order valence-corrected chi connectivity index (χ0v) is 9.10. The number of ether oxygens (including phenoxy) is 1. The third-order valence-corrected chi connectivity index (χ3v) is 2.71. The van der Waals surface area contributed by atoms with Crippen molar-refractivity contribution in [3.8, 4) is 0 Å². The van der Waals surface area contributed by atoms with E-state index < -0.39 is 0 Å². The molecule has 0 spiro atoms. The number of rotatable bonds is 3. The van der Waals surface area contributed by atoms with Crippen molar-refractivity contribution < 1.29 is 4.74 Å². The molecule has 3 heteroatoms. The van der Waals surface area contributed by atoms with Gasteiger partial charge in [0.15, 0.2) is 0 Å². The standard InChI is InChI=1S/C10H18ClNO/c1-8(6-11)7-12-10-3-4-13-9(2)5-10/h6,9-10,12H,3-5,7H2,1-2H3/b8-6+. The first kappa shape index (κ1) is 11.0. The van der Waals surface area contributed by atoms with Crippen LogP contribution in [-0.4, -0.2) is 25.3 Å². The van der Waals surface area contributed by atoms with Crippen LogP contribution in [0.25, 0.3) is 0 Å². The van der Waals surface area contributed by atoms with Gasteiger partial charge in [0, 0.05) is 24.7 Å². The maximum Gasteiger partial charge on any atom is 0.0561 e. The van der Waals surface area contributed by atoms with Crippen LogP contribution in [0.5, 0.6) is 0 Å². The van der Waals surface area contributed by atoms with Gasteiger partial charge in [0.25, 0.3) is 0 Å². The van der Waals surface area contributed by atoms with Gasteiger partial charge >= 0.3 is 0 Å². The third-order valence-electron chi connectivity index (χ3n) is 2.34. The molecule has 0 radical (unpaired) electrons. The molecule has 1 saturated heterocycles. The zero-order valence-electron chi connectivity index (χ0n) is 8.35. The maximum absolute atomic E-state index is 5.57. The van der Waals surface area contributed by atoms with E-state index in [0.29, 0.717) is 12.1 Å². The predicted octanol–water partition coefficient (Wildman–Crippen LogP) is 2.29. The maximum atomic E-state index is 5.57. The Kier molecular flexibility index (Phi) is 4.78. The molecule has 2 atom stereocenters. The Labute approximate surface area is 85.3 Å². The van der Waals surface area contributed by atoms with Gasteiger partial charge in [-0.2, -0.15) is 0 Å². The molecule has 0 aromatic carbocycles. The first-order valence-corrected chi connectivity index (χ1v) is 5.27. The molecule has 76 valence electrons. The monoisotopic (exact) mass is 203 g/mol. The van der Waals surface area contributed by atoms with E-state index in [2.05, 4.69) is 12.2 Å². The molecule has 0 bridgehead atoms. The van der Waals surface area contributed by atoms with Gasteiger partial charge in [0.1, 0.15) is 0 Å². The summed E-state index contributed by atoms with van der Waals surface area (Å²) in [6, 6.07) is 0.593. The van der Waals surface area contributed by atoms with Gasteiger partial charge in [-0.3, -0.25) is 0 Å². The summed E-state index contributed by atoms with van der Waals surface area (Å²) in [5.74, 6) is 0. The summed E-state index contributed by atoms with van der Waals surface area (Å²) in [5.41, 5.74) is 2.82. The Morgan fingerprint density at radius 1 is 1.69 bits per heavy atom. The number of halogens is 1. The van der Waals surface area contributed by atoms with E-state index in [9.17, 15) is 0 Å². The molecule has 13 heavy (non-hydrogen) atoms. The quantitative estimate of drug-likeness (QED) is 0.760. The SMILES string of the molecule is C/C(=C\Cl)CNC1CCOC(C)C1. The highest BCUT2D eigenvalue weighted by Crippen LogP contribution is 2.13. The smallest absolute Gasteiger partial charge is 0.0561 e. The van der Waals surface area contributed by atoms with Crippen molar-refractivity contribution in [3.63, 3.8) is 0 Å². The van der Waals surface area contributed by atoms with E-state index in [1.165, 1.54) is 5.57 Å². The molecule has 1 heterocycles. The van der Waals surface area contributed by atoms with Crippen LogP contribution in [0.3, 0.4) is 0 Å². The fourth-order valence-corrected chi connectivity index (χ4v) is 1.60. The fourth-order valence-electron chi connectivity index (χ4n) is 1.53. The van der Waals surface area contributed by atoms with Crippen molar-refractivity contribution >= 4 is 11.6 Å². The Morgan fingerprint density at radius 3 is 3.08 bits per heavy atom. The Morgan fingerprint density at radius 2 is 2.46 bits per heavy atom. The molecule has 1 fully saturated rings. The first-order chi connectivity index (χ1) is 6.22. The molecule has 2 unspecified atom stereocenters. The summed E-state index contributed by atoms with van der Waals surface area (Å²) >= 11 is 5.57. The van der Waals surface area contributed by atoms with Crippen molar-refractivity contribution in [2.75, 3.05) is 13.2 Å². The van der Waals surface area contributed by atoms with Crippen molar-refractivity contribution in [2.45, 2.75) is 38.8 Å². The third kappa shape index (κ3) is 4.12. The van der Waals surface area contributed by atoms with Gasteiger partial charge in [-0.05, 0) is 32.3 Å². The lowest BCUT2D eigenvalue weighted by Crippen LogP contribution is -2.38. The normalized spacial score (nSPS) is 30.5. The summed E-state index contributed by atoms with van der Waals surface area (Å²) in [6.45, 7) is 5.92. The van der Waals surface area contributed by atoms with Crippen LogP contribution in [0.15, 0.2) is 11.1 Å². The van der Waals surface area contributed by atoms with E-state index >= 15 is 0 Å². The highest BCUT2D eigenvalue weighted by atomic mass is 35.5. The Hall–Kier alpha value is -0.0500. The number of hydrogen-bond donors (Lipinski definition) is 1. The average Bonchev–Trinajstić information content (AvgIpc) is 2.14. The largest absolute Gasteiger partial charge is 0.378 e. The lowest BCUT2D eigenvalue weighted by Gasteiger charge is -2.28. The highest BCUT2D eigenvalue weighted by molar-refractivity contribution is 6.25. The minimum absolute atomic E-state index is 0.395. The minimum atomic E-state index is 0.395. The minimum Gasteiger partial charge on any atom is -0.378 e.